The lowest BCUT2D eigenvalue weighted by Crippen LogP contribution is -2.54. The number of nitrogens with one attached hydrogen (secondary N) is 1. The maximum atomic E-state index is 13.4. The summed E-state index contributed by atoms with van der Waals surface area (Å²) >= 11 is 0. The number of fused-ring (bicyclic) bond motifs is 1. The largest absolute Gasteiger partial charge is 0.368 e. The molecule has 20 heavy (non-hydrogen) atoms. The number of amides is 1. The molecule has 1 amide bonds. The molecule has 108 valence electrons. The molecule has 0 radical (unpaired) electrons. The molecule has 1 saturated heterocycles. The Kier molecular flexibility index (Phi) is 3.48. The maximum absolute atomic E-state index is 13.4. The van der Waals surface area contributed by atoms with Gasteiger partial charge in [0, 0.05) is 19.6 Å². The van der Waals surface area contributed by atoms with Gasteiger partial charge in [-0.15, -0.1) is 0 Å². The number of rotatable bonds is 2. The Hall–Kier alpha value is -1.46. The molecule has 5 heteroatoms. The summed E-state index contributed by atoms with van der Waals surface area (Å²) in [5.41, 5.74) is 6.83. The Bertz CT molecular complexity index is 526. The lowest BCUT2D eigenvalue weighted by molar-refractivity contribution is -0.131. The number of benzene rings is 1. The lowest BCUT2D eigenvalue weighted by atomic mass is 9.88. The predicted molar refractivity (Wildman–Crippen MR) is 74.7 cm³/mol. The van der Waals surface area contributed by atoms with Gasteiger partial charge in [0.2, 0.25) is 5.91 Å². The highest BCUT2D eigenvalue weighted by Gasteiger charge is 2.48. The Morgan fingerprint density at radius 2 is 2.20 bits per heavy atom. The van der Waals surface area contributed by atoms with Gasteiger partial charge >= 0.3 is 0 Å². The number of halogens is 1. The van der Waals surface area contributed by atoms with E-state index in [1.165, 1.54) is 12.1 Å². The number of carbonyl (C=O) groups excluding carboxylic acids is 1. The first-order chi connectivity index (χ1) is 9.64. The van der Waals surface area contributed by atoms with Crippen molar-refractivity contribution >= 4 is 5.91 Å². The van der Waals surface area contributed by atoms with Crippen LogP contribution < -0.4 is 11.1 Å². The summed E-state index contributed by atoms with van der Waals surface area (Å²) in [5.74, 6) is -0.564. The van der Waals surface area contributed by atoms with Crippen LogP contribution in [0.25, 0.3) is 0 Å². The van der Waals surface area contributed by atoms with Crippen molar-refractivity contribution in [2.75, 3.05) is 26.2 Å². The molecule has 3 N–H and O–H groups in total. The monoisotopic (exact) mass is 277 g/mol. The van der Waals surface area contributed by atoms with Crippen molar-refractivity contribution in [2.24, 2.45) is 5.73 Å². The Morgan fingerprint density at radius 3 is 3.00 bits per heavy atom. The second kappa shape index (κ2) is 5.14. The molecule has 1 aromatic rings. The van der Waals surface area contributed by atoms with Crippen molar-refractivity contribution in [3.63, 3.8) is 0 Å². The van der Waals surface area contributed by atoms with E-state index < -0.39 is 5.54 Å². The summed E-state index contributed by atoms with van der Waals surface area (Å²) < 4.78 is 13.4. The first-order valence-electron chi connectivity index (χ1n) is 7.19. The number of hydrogen-bond acceptors (Lipinski definition) is 3. The van der Waals surface area contributed by atoms with Gasteiger partial charge in [-0.3, -0.25) is 9.69 Å². The van der Waals surface area contributed by atoms with Gasteiger partial charge in [-0.05, 0) is 49.1 Å². The molecule has 0 saturated carbocycles. The smallest absolute Gasteiger partial charge is 0.242 e. The minimum absolute atomic E-state index is 0.249. The Balaban J connectivity index is 2.04. The first-order valence-corrected chi connectivity index (χ1v) is 7.19. The van der Waals surface area contributed by atoms with Crippen molar-refractivity contribution in [2.45, 2.75) is 24.8 Å². The van der Waals surface area contributed by atoms with E-state index in [1.54, 1.807) is 6.07 Å². The SMILES string of the molecule is NC(=O)C1(N2CCCNCC2)CCc2cc(F)ccc21. The van der Waals surface area contributed by atoms with E-state index in [4.69, 9.17) is 5.73 Å². The van der Waals surface area contributed by atoms with Crippen LogP contribution in [0.1, 0.15) is 24.0 Å². The number of primary amides is 1. The van der Waals surface area contributed by atoms with Crippen molar-refractivity contribution in [3.05, 3.63) is 35.1 Å². The topological polar surface area (TPSA) is 58.4 Å². The molecule has 3 rings (SSSR count). The third-order valence-electron chi connectivity index (χ3n) is 4.56. The fraction of sp³-hybridized carbons (Fsp3) is 0.533. The molecule has 1 unspecified atom stereocenters. The molecule has 0 aromatic heterocycles. The molecule has 1 aliphatic carbocycles. The quantitative estimate of drug-likeness (QED) is 0.838. The van der Waals surface area contributed by atoms with Crippen LogP contribution in [0.4, 0.5) is 4.39 Å². The van der Waals surface area contributed by atoms with Crippen LogP contribution in [0.15, 0.2) is 18.2 Å². The van der Waals surface area contributed by atoms with Gasteiger partial charge in [-0.2, -0.15) is 0 Å². The van der Waals surface area contributed by atoms with E-state index in [0.29, 0.717) is 12.8 Å². The molecule has 1 aromatic carbocycles. The van der Waals surface area contributed by atoms with Crippen molar-refractivity contribution < 1.29 is 9.18 Å². The fourth-order valence-electron chi connectivity index (χ4n) is 3.59. The van der Waals surface area contributed by atoms with Gasteiger partial charge in [0.15, 0.2) is 0 Å². The van der Waals surface area contributed by atoms with Gasteiger partial charge in [0.1, 0.15) is 11.4 Å². The molecule has 0 bridgehead atoms. The summed E-state index contributed by atoms with van der Waals surface area (Å²) in [7, 11) is 0. The van der Waals surface area contributed by atoms with E-state index in [2.05, 4.69) is 10.2 Å². The number of carbonyl (C=O) groups is 1. The van der Waals surface area contributed by atoms with Crippen molar-refractivity contribution in [3.8, 4) is 0 Å². The molecule has 1 fully saturated rings. The van der Waals surface area contributed by atoms with Gasteiger partial charge < -0.3 is 11.1 Å². The zero-order chi connectivity index (χ0) is 14.2. The summed E-state index contributed by atoms with van der Waals surface area (Å²) in [5, 5.41) is 3.34. The van der Waals surface area contributed by atoms with E-state index >= 15 is 0 Å². The molecule has 0 spiro atoms. The van der Waals surface area contributed by atoms with Crippen molar-refractivity contribution in [1.82, 2.24) is 10.2 Å². The first kappa shape index (κ1) is 13.5. The number of nitrogens with two attached hydrogens (primary N) is 1. The Morgan fingerprint density at radius 1 is 1.35 bits per heavy atom. The average Bonchev–Trinajstić information content (AvgIpc) is 2.61. The minimum Gasteiger partial charge on any atom is -0.368 e. The molecule has 1 aliphatic heterocycles. The molecule has 1 heterocycles. The molecule has 1 atom stereocenters. The van der Waals surface area contributed by atoms with Crippen molar-refractivity contribution in [1.29, 1.82) is 0 Å². The lowest BCUT2D eigenvalue weighted by Gasteiger charge is -2.39. The zero-order valence-electron chi connectivity index (χ0n) is 11.5. The highest BCUT2D eigenvalue weighted by atomic mass is 19.1. The van der Waals surface area contributed by atoms with E-state index in [-0.39, 0.29) is 11.7 Å². The van der Waals surface area contributed by atoms with Crippen LogP contribution in [-0.2, 0) is 16.8 Å². The molecular weight excluding hydrogens is 257 g/mol. The second-order valence-electron chi connectivity index (χ2n) is 5.62. The highest BCUT2D eigenvalue weighted by molar-refractivity contribution is 5.87. The summed E-state index contributed by atoms with van der Waals surface area (Å²) in [6, 6.07) is 4.70. The van der Waals surface area contributed by atoms with Crippen LogP contribution in [0, 0.1) is 5.82 Å². The van der Waals surface area contributed by atoms with E-state index in [0.717, 1.165) is 43.7 Å². The van der Waals surface area contributed by atoms with Crippen LogP contribution >= 0.6 is 0 Å². The molecule has 2 aliphatic rings. The van der Waals surface area contributed by atoms with Gasteiger partial charge in [-0.1, -0.05) is 6.07 Å². The summed E-state index contributed by atoms with van der Waals surface area (Å²) in [6.45, 7) is 3.44. The second-order valence-corrected chi connectivity index (χ2v) is 5.62. The van der Waals surface area contributed by atoms with E-state index in [1.807, 2.05) is 0 Å². The van der Waals surface area contributed by atoms with Crippen LogP contribution in [-0.4, -0.2) is 37.0 Å². The predicted octanol–water partition coefficient (Wildman–Crippen LogP) is 0.748. The van der Waals surface area contributed by atoms with Crippen LogP contribution in [0.2, 0.25) is 0 Å². The molecular formula is C15H20FN3O. The number of hydrogen-bond donors (Lipinski definition) is 2. The van der Waals surface area contributed by atoms with Crippen LogP contribution in [0.3, 0.4) is 0 Å². The van der Waals surface area contributed by atoms with Gasteiger partial charge in [0.25, 0.3) is 0 Å². The van der Waals surface area contributed by atoms with Gasteiger partial charge in [0.05, 0.1) is 0 Å². The Labute approximate surface area is 118 Å². The zero-order valence-corrected chi connectivity index (χ0v) is 11.5. The highest BCUT2D eigenvalue weighted by Crippen LogP contribution is 2.42. The minimum atomic E-state index is -0.755. The maximum Gasteiger partial charge on any atom is 0.242 e. The third kappa shape index (κ3) is 2.01. The summed E-state index contributed by atoms with van der Waals surface area (Å²) in [4.78, 5) is 14.4. The van der Waals surface area contributed by atoms with E-state index in [9.17, 15) is 9.18 Å². The van der Waals surface area contributed by atoms with Gasteiger partial charge in [-0.25, -0.2) is 4.39 Å². The average molecular weight is 277 g/mol. The normalized spacial score (nSPS) is 27.1. The van der Waals surface area contributed by atoms with Crippen LogP contribution in [0.5, 0.6) is 0 Å². The number of aryl methyl sites for hydroxylation is 1. The third-order valence-corrected chi connectivity index (χ3v) is 4.56. The standard InChI is InChI=1S/C15H20FN3O/c16-12-2-3-13-11(10-12)4-5-15(13,14(17)20)19-8-1-6-18-7-9-19/h2-3,10,18H,1,4-9H2,(H2,17,20). The number of nitrogens with zero attached hydrogens (tertiary/aromatic N) is 1. The molecule has 4 nitrogen and oxygen atoms in total. The fourth-order valence-corrected chi connectivity index (χ4v) is 3.59. The summed E-state index contributed by atoms with van der Waals surface area (Å²) in [6.07, 6.45) is 2.35.